The zero-order valence-electron chi connectivity index (χ0n) is 8.61. The zero-order valence-corrected chi connectivity index (χ0v) is 9.42. The van der Waals surface area contributed by atoms with Crippen LogP contribution < -0.4 is 5.32 Å². The van der Waals surface area contributed by atoms with E-state index in [2.05, 4.69) is 5.32 Å². The van der Waals surface area contributed by atoms with E-state index < -0.39 is 21.5 Å². The fourth-order valence-electron chi connectivity index (χ4n) is 1.46. The molecule has 8 heteroatoms. The molecular formula is C9H10N2O5S. The summed E-state index contributed by atoms with van der Waals surface area (Å²) in [5.41, 5.74) is -1.50. The minimum Gasteiger partial charge on any atom is -0.467 e. The Morgan fingerprint density at radius 1 is 1.53 bits per heavy atom. The first-order valence-corrected chi connectivity index (χ1v) is 6.20. The average molecular weight is 258 g/mol. The van der Waals surface area contributed by atoms with E-state index in [-0.39, 0.29) is 6.54 Å². The Labute approximate surface area is 97.5 Å². The number of hydrogen-bond donors (Lipinski definition) is 2. The highest BCUT2D eigenvalue weighted by Crippen LogP contribution is 2.14. The molecule has 1 aliphatic rings. The van der Waals surface area contributed by atoms with Gasteiger partial charge < -0.3 is 14.6 Å². The first-order valence-electron chi connectivity index (χ1n) is 4.70. The number of carbonyl (C=O) groups is 1. The Bertz CT molecular complexity index is 534. The van der Waals surface area contributed by atoms with Crippen molar-refractivity contribution in [3.63, 3.8) is 0 Å². The van der Waals surface area contributed by atoms with Crippen LogP contribution in [0.25, 0.3) is 0 Å². The lowest BCUT2D eigenvalue weighted by molar-refractivity contribution is -0.118. The van der Waals surface area contributed by atoms with Crippen LogP contribution in [0.5, 0.6) is 0 Å². The van der Waals surface area contributed by atoms with Gasteiger partial charge in [0.1, 0.15) is 5.76 Å². The van der Waals surface area contributed by atoms with Crippen LogP contribution in [0, 0.1) is 0 Å². The van der Waals surface area contributed by atoms with Gasteiger partial charge in [-0.1, -0.05) is 0 Å². The second kappa shape index (κ2) is 4.22. The van der Waals surface area contributed by atoms with Crippen molar-refractivity contribution < 1.29 is 22.2 Å². The quantitative estimate of drug-likeness (QED) is 0.734. The van der Waals surface area contributed by atoms with E-state index in [0.717, 1.165) is 0 Å². The summed E-state index contributed by atoms with van der Waals surface area (Å²) in [6, 6.07) is 3.31. The lowest BCUT2D eigenvalue weighted by Gasteiger charge is -2.30. The Morgan fingerprint density at radius 3 is 2.88 bits per heavy atom. The van der Waals surface area contributed by atoms with Gasteiger partial charge in [0.2, 0.25) is 11.4 Å². The number of hydrogen-bond acceptors (Lipinski definition) is 5. The van der Waals surface area contributed by atoms with Gasteiger partial charge in [0.05, 0.1) is 12.8 Å². The van der Waals surface area contributed by atoms with E-state index in [0.29, 0.717) is 5.76 Å². The molecule has 0 saturated carbocycles. The molecule has 0 spiro atoms. The topological polar surface area (TPSA) is 99.9 Å². The van der Waals surface area contributed by atoms with Crippen molar-refractivity contribution in [3.8, 4) is 0 Å². The third-order valence-corrected chi connectivity index (χ3v) is 3.14. The molecule has 7 nitrogen and oxygen atoms in total. The summed E-state index contributed by atoms with van der Waals surface area (Å²) in [4.78, 5) is 12.3. The molecule has 1 unspecified atom stereocenters. The molecule has 17 heavy (non-hydrogen) atoms. The van der Waals surface area contributed by atoms with Gasteiger partial charge in [-0.25, -0.2) is 0 Å². The number of nitrogens with one attached hydrogen (secondary N) is 1. The summed E-state index contributed by atoms with van der Waals surface area (Å²) in [6.07, 6.45) is 3.91. The third kappa shape index (κ3) is 2.66. The van der Waals surface area contributed by atoms with E-state index in [1.807, 2.05) is 0 Å². The van der Waals surface area contributed by atoms with E-state index in [1.54, 1.807) is 12.1 Å². The van der Waals surface area contributed by atoms with E-state index in [4.69, 9.17) is 8.97 Å². The average Bonchev–Trinajstić information content (AvgIpc) is 2.72. The van der Waals surface area contributed by atoms with Crippen LogP contribution >= 0.6 is 0 Å². The maximum Gasteiger partial charge on any atom is 0.306 e. The van der Waals surface area contributed by atoms with Crippen LogP contribution in [0.2, 0.25) is 0 Å². The fraction of sp³-hybridized carbons (Fsp3) is 0.222. The van der Waals surface area contributed by atoms with Gasteiger partial charge in [0.15, 0.2) is 0 Å². The normalized spacial score (nSPS) is 20.4. The van der Waals surface area contributed by atoms with Gasteiger partial charge in [-0.2, -0.15) is 8.42 Å². The molecule has 0 aliphatic carbocycles. The summed E-state index contributed by atoms with van der Waals surface area (Å²) >= 11 is 0. The molecule has 2 rings (SSSR count). The molecule has 1 aromatic rings. The predicted octanol–water partition coefficient (Wildman–Crippen LogP) is -0.103. The fourth-order valence-corrected chi connectivity index (χ4v) is 2.21. The molecule has 92 valence electrons. The van der Waals surface area contributed by atoms with E-state index in [1.165, 1.54) is 23.4 Å². The lowest BCUT2D eigenvalue weighted by atomic mass is 10.4. The highest BCUT2D eigenvalue weighted by Gasteiger charge is 2.32. The zero-order chi connectivity index (χ0) is 12.5. The monoisotopic (exact) mass is 258 g/mol. The SMILES string of the molecule is O=C1C=CN(Cc2ccco2)C(S(=O)(=O)O)N1. The molecule has 0 aromatic carbocycles. The maximum absolute atomic E-state index is 11.1. The second-order valence-corrected chi connectivity index (χ2v) is 4.92. The largest absolute Gasteiger partial charge is 0.467 e. The lowest BCUT2D eigenvalue weighted by Crippen LogP contribution is -2.52. The maximum atomic E-state index is 11.1. The van der Waals surface area contributed by atoms with Crippen molar-refractivity contribution >= 4 is 16.0 Å². The minimum atomic E-state index is -4.41. The summed E-state index contributed by atoms with van der Waals surface area (Å²) in [5.74, 6) is -0.0669. The highest BCUT2D eigenvalue weighted by molar-refractivity contribution is 7.86. The predicted molar refractivity (Wildman–Crippen MR) is 56.9 cm³/mol. The Morgan fingerprint density at radius 2 is 2.29 bits per heavy atom. The smallest absolute Gasteiger partial charge is 0.306 e. The van der Waals surface area contributed by atoms with Gasteiger partial charge in [-0.15, -0.1) is 0 Å². The van der Waals surface area contributed by atoms with E-state index >= 15 is 0 Å². The van der Waals surface area contributed by atoms with E-state index in [9.17, 15) is 13.2 Å². The number of furan rings is 1. The van der Waals surface area contributed by atoms with Crippen LogP contribution in [-0.4, -0.2) is 29.3 Å². The summed E-state index contributed by atoms with van der Waals surface area (Å²) in [7, 11) is -4.41. The molecule has 0 radical (unpaired) electrons. The molecule has 1 aliphatic heterocycles. The van der Waals surface area contributed by atoms with Crippen molar-refractivity contribution in [1.82, 2.24) is 10.2 Å². The first-order chi connectivity index (χ1) is 7.97. The van der Waals surface area contributed by atoms with Crippen molar-refractivity contribution in [2.75, 3.05) is 0 Å². The molecule has 1 amide bonds. The van der Waals surface area contributed by atoms with Gasteiger partial charge in [0, 0.05) is 12.3 Å². The molecule has 0 fully saturated rings. The first kappa shape index (κ1) is 11.7. The van der Waals surface area contributed by atoms with Crippen LogP contribution in [0.1, 0.15) is 5.76 Å². The van der Waals surface area contributed by atoms with Crippen molar-refractivity contribution in [1.29, 1.82) is 0 Å². The molecule has 0 saturated heterocycles. The summed E-state index contributed by atoms with van der Waals surface area (Å²) in [5, 5.41) is 2.14. The second-order valence-electron chi connectivity index (χ2n) is 3.44. The van der Waals surface area contributed by atoms with Gasteiger partial charge >= 0.3 is 10.1 Å². The summed E-state index contributed by atoms with van der Waals surface area (Å²) < 4.78 is 36.3. The van der Waals surface area contributed by atoms with Crippen LogP contribution in [0.15, 0.2) is 35.1 Å². The van der Waals surface area contributed by atoms with Crippen molar-refractivity contribution in [2.45, 2.75) is 12.0 Å². The number of rotatable bonds is 3. The Balaban J connectivity index is 2.24. The number of nitrogens with zero attached hydrogens (tertiary/aromatic N) is 1. The van der Waals surface area contributed by atoms with Gasteiger partial charge in [0.25, 0.3) is 0 Å². The molecule has 2 heterocycles. The molecule has 2 N–H and O–H groups in total. The molecular weight excluding hydrogens is 248 g/mol. The Kier molecular flexibility index (Phi) is 2.90. The van der Waals surface area contributed by atoms with Crippen LogP contribution in [0.3, 0.4) is 0 Å². The highest BCUT2D eigenvalue weighted by atomic mass is 32.2. The molecule has 1 aromatic heterocycles. The van der Waals surface area contributed by atoms with Crippen molar-refractivity contribution in [3.05, 3.63) is 36.4 Å². The van der Waals surface area contributed by atoms with Gasteiger partial charge in [-0.05, 0) is 12.1 Å². The summed E-state index contributed by atoms with van der Waals surface area (Å²) in [6.45, 7) is 0.119. The third-order valence-electron chi connectivity index (χ3n) is 2.18. The van der Waals surface area contributed by atoms with Gasteiger partial charge in [-0.3, -0.25) is 9.35 Å². The standard InChI is InChI=1S/C9H10N2O5S/c12-8-3-4-11(6-7-2-1-5-16-7)9(10-8)17(13,14)15/h1-5,9H,6H2,(H,10,12)(H,13,14,15). The number of carbonyl (C=O) groups excluding carboxylic acids is 1. The number of amides is 1. The molecule has 1 atom stereocenters. The van der Waals surface area contributed by atoms with Crippen LogP contribution in [-0.2, 0) is 21.5 Å². The molecule has 0 bridgehead atoms. The van der Waals surface area contributed by atoms with Crippen molar-refractivity contribution in [2.24, 2.45) is 0 Å². The Hall–Kier alpha value is -1.80. The minimum absolute atomic E-state index is 0.119. The van der Waals surface area contributed by atoms with Crippen LogP contribution in [0.4, 0.5) is 0 Å².